The zero-order valence-electron chi connectivity index (χ0n) is 18.6. The molecule has 0 atom stereocenters. The summed E-state index contributed by atoms with van der Waals surface area (Å²) in [5, 5.41) is 0. The third-order valence-electron chi connectivity index (χ3n) is 0. The molecule has 188 valence electrons. The van der Waals surface area contributed by atoms with Crippen molar-refractivity contribution >= 4 is 0 Å². The summed E-state index contributed by atoms with van der Waals surface area (Å²) < 4.78 is 0. The summed E-state index contributed by atoms with van der Waals surface area (Å²) in [6.07, 6.45) is 0. The molecule has 0 aromatic carbocycles. The summed E-state index contributed by atoms with van der Waals surface area (Å²) >= 11 is 0. The van der Waals surface area contributed by atoms with Crippen LogP contribution in [-0.4, -0.2) is 0 Å². The normalized spacial score (nSPS) is 0.214. The predicted octanol–water partition coefficient (Wildman–Crippen LogP) is 11.6. The third-order valence-corrected chi connectivity index (χ3v) is 0. The molecule has 0 saturated heterocycles. The first-order valence-electron chi connectivity index (χ1n) is 0.707. The van der Waals surface area contributed by atoms with Crippen molar-refractivity contribution in [1.82, 2.24) is 0 Å². The van der Waals surface area contributed by atoms with E-state index in [4.69, 9.17) is 0 Å². The molecule has 0 aliphatic heterocycles. The van der Waals surface area contributed by atoms with Gasteiger partial charge < -0.3 is 111 Å². The van der Waals surface area contributed by atoms with Gasteiger partial charge in [0.25, 0.3) is 0 Å². The molecule has 0 amide bonds. The fourth-order valence-corrected chi connectivity index (χ4v) is 0. The Hall–Kier alpha value is 5.52. The molecule has 0 fully saturated rings. The van der Waals surface area contributed by atoms with E-state index in [9.17, 15) is 0 Å². The van der Waals surface area contributed by atoms with E-state index in [0.717, 1.165) is 0 Å². The van der Waals surface area contributed by atoms with E-state index in [1.54, 1.807) is 6.92 Å². The fourth-order valence-electron chi connectivity index (χ4n) is 0. The van der Waals surface area contributed by atoms with Gasteiger partial charge in [-0.2, -0.15) is 6.92 Å². The van der Waals surface area contributed by atoms with Crippen LogP contribution < -0.4 is 0 Å². The van der Waals surface area contributed by atoms with E-state index in [1.807, 2.05) is 0 Å². The summed E-state index contributed by atoms with van der Waals surface area (Å²) in [6, 6.07) is 0. The van der Waals surface area contributed by atoms with Crippen LogP contribution in [0.5, 0.6) is 0 Å². The van der Waals surface area contributed by atoms with Crippen molar-refractivity contribution in [1.29, 1.82) is 0 Å². The van der Waals surface area contributed by atoms with E-state index in [1.165, 1.54) is 0 Å². The molecular weight excluding hydrogens is 721 g/mol. The molecule has 0 bridgehead atoms. The van der Waals surface area contributed by atoms with Crippen molar-refractivity contribution in [2.45, 2.75) is 58.9 Å². The molecule has 0 saturated carbocycles. The van der Waals surface area contributed by atoms with Crippen LogP contribution in [0.1, 0.15) is 58.9 Å². The number of rotatable bonds is 0. The Morgan fingerprint density at radius 1 is 0.250 bits per heavy atom. The SMILES string of the molecule is C.C.C.C.C.C.C.[CH2-]C.[CH3-].[CH3-].[CH3-].[CH3-].[CH3-].[CH3-].[CH3-].[CH3-].[CH3-].[CH3-].[CH3-].[CH3-].[CH3-].[CH3-].[Y+3].[Y+3].[Y+3].[Y].[Y]. The Kier molecular flexibility index (Phi) is 31600. The molecule has 0 nitrogen and oxygen atoms in total. The van der Waals surface area contributed by atoms with Crippen molar-refractivity contribution in [2.24, 2.45) is 0 Å². The van der Waals surface area contributed by atoms with Crippen molar-refractivity contribution in [3.05, 3.63) is 111 Å². The first-order valence-corrected chi connectivity index (χ1v) is 0.707. The van der Waals surface area contributed by atoms with Crippen LogP contribution in [0.25, 0.3) is 0 Å². The fraction of sp³-hybridized carbons (Fsp3) is 0.348. The maximum Gasteiger partial charge on any atom is 3.00 e. The van der Waals surface area contributed by atoms with Gasteiger partial charge in [-0.15, -0.1) is 0 Å². The molecule has 0 spiro atoms. The molecule has 0 unspecified atom stereocenters. The van der Waals surface area contributed by atoms with E-state index < -0.39 is 0 Å². The minimum atomic E-state index is 0. The van der Waals surface area contributed by atoms with Crippen LogP contribution in [0.15, 0.2) is 0 Å². The van der Waals surface area contributed by atoms with Gasteiger partial charge in [-0.3, -0.25) is 0 Å². The van der Waals surface area contributed by atoms with Crippen LogP contribution in [0.2, 0.25) is 0 Å². The summed E-state index contributed by atoms with van der Waals surface area (Å²) in [6.45, 7) is 5.00. The van der Waals surface area contributed by atoms with Gasteiger partial charge in [0.2, 0.25) is 0 Å². The van der Waals surface area contributed by atoms with Gasteiger partial charge in [-0.25, -0.2) is 0 Å². The van der Waals surface area contributed by atoms with Crippen LogP contribution in [0.3, 0.4) is 0 Å². The number of hydrogen-bond acceptors (Lipinski definition) is 0. The van der Waals surface area contributed by atoms with Crippen LogP contribution in [0, 0.1) is 111 Å². The van der Waals surface area contributed by atoms with Gasteiger partial charge in [0, 0.05) is 65.4 Å². The molecule has 0 aromatic heterocycles. The quantitative estimate of drug-likeness (QED) is 0.214. The topological polar surface area (TPSA) is 0 Å². The van der Waals surface area contributed by atoms with Crippen molar-refractivity contribution in [3.8, 4) is 0 Å². The van der Waals surface area contributed by atoms with Gasteiger partial charge in [0.15, 0.2) is 0 Å². The maximum atomic E-state index is 3.25. The van der Waals surface area contributed by atoms with Crippen molar-refractivity contribution in [3.63, 3.8) is 0 Å². The average Bonchev–Trinajstić information content (AvgIpc) is 1.00. The minimum absolute atomic E-state index is 0. The molecule has 0 heterocycles. The Morgan fingerprint density at radius 2 is 0.250 bits per heavy atom. The van der Waals surface area contributed by atoms with E-state index in [-0.39, 0.29) is 320 Å². The first-order chi connectivity index (χ1) is 1.00. The third kappa shape index (κ3) is 964. The standard InChI is InChI=1S/C2H5.7CH4.14CH3.5Y/c1-2;;;;;;;;;;;;;;;;;;;;;;;;;;/h1H2,2H3;7*1H4;14*1H3;;;;;/q-1;;;;;;;;14*-1;;;3*+3. The van der Waals surface area contributed by atoms with Gasteiger partial charge >= 0.3 is 98.1 Å². The van der Waals surface area contributed by atoms with Gasteiger partial charge in [-0.05, 0) is 0 Å². The van der Waals surface area contributed by atoms with Crippen LogP contribution in [0.4, 0.5) is 0 Å². The molecule has 0 aliphatic rings. The largest absolute Gasteiger partial charge is 3.00 e. The molecule has 0 aromatic rings. The molecule has 0 aliphatic carbocycles. The zero-order chi connectivity index (χ0) is 2.00. The molecule has 0 rings (SSSR count). The second-order valence-electron chi connectivity index (χ2n) is 0. The Labute approximate surface area is 327 Å². The summed E-state index contributed by atoms with van der Waals surface area (Å²) in [5.74, 6) is 0. The number of hydrogen-bond donors (Lipinski definition) is 0. The van der Waals surface area contributed by atoms with E-state index in [2.05, 4.69) is 6.92 Å². The summed E-state index contributed by atoms with van der Waals surface area (Å²) in [5.41, 5.74) is 0. The molecule has 2 radical (unpaired) electrons. The van der Waals surface area contributed by atoms with Crippen LogP contribution in [-0.2, 0) is 164 Å². The average molecular weight is 796 g/mol. The Morgan fingerprint density at radius 3 is 0.250 bits per heavy atom. The van der Waals surface area contributed by atoms with Crippen molar-refractivity contribution < 1.29 is 164 Å². The van der Waals surface area contributed by atoms with Crippen molar-refractivity contribution in [2.75, 3.05) is 0 Å². The monoisotopic (exact) mass is 796 g/mol. The Bertz CT molecular complexity index is 19.0. The van der Waals surface area contributed by atoms with E-state index >= 15 is 0 Å². The molecule has 0 N–H and O–H groups in total. The predicted molar refractivity (Wildman–Crippen MR) is 148 cm³/mol. The summed E-state index contributed by atoms with van der Waals surface area (Å²) in [4.78, 5) is 0. The molecular formula is C23H75Y5-6. The second-order valence-corrected chi connectivity index (χ2v) is 0. The minimum Gasteiger partial charge on any atom is -0.358 e. The van der Waals surface area contributed by atoms with Gasteiger partial charge in [0.05, 0.1) is 0 Å². The molecule has 5 heteroatoms. The van der Waals surface area contributed by atoms with E-state index in [0.29, 0.717) is 0 Å². The van der Waals surface area contributed by atoms with Gasteiger partial charge in [0.1, 0.15) is 0 Å². The second kappa shape index (κ2) is 1060. The maximum absolute atomic E-state index is 3.25. The summed E-state index contributed by atoms with van der Waals surface area (Å²) in [7, 11) is 0. The van der Waals surface area contributed by atoms with Crippen LogP contribution >= 0.6 is 0 Å². The smallest absolute Gasteiger partial charge is 0.358 e. The zero-order valence-corrected chi connectivity index (χ0v) is 32.8. The molecule has 28 heavy (non-hydrogen) atoms. The Balaban J connectivity index is -0.0000000000154. The van der Waals surface area contributed by atoms with Gasteiger partial charge in [-0.1, -0.05) is 52.0 Å². The first kappa shape index (κ1) is 834.